The van der Waals surface area contributed by atoms with E-state index in [9.17, 15) is 13.2 Å². The van der Waals surface area contributed by atoms with Crippen LogP contribution in [0.5, 0.6) is 0 Å². The first-order valence-corrected chi connectivity index (χ1v) is 5.62. The first-order valence-electron chi connectivity index (χ1n) is 3.96. The zero-order valence-electron chi connectivity index (χ0n) is 7.38. The van der Waals surface area contributed by atoms with Gasteiger partial charge in [0.05, 0.1) is 4.90 Å². The molecular formula is C9H10O4S. The van der Waals surface area contributed by atoms with E-state index in [4.69, 9.17) is 5.11 Å². The topological polar surface area (TPSA) is 71.4 Å². The Morgan fingerprint density at radius 3 is 2.29 bits per heavy atom. The van der Waals surface area contributed by atoms with Crippen molar-refractivity contribution in [3.63, 3.8) is 0 Å². The van der Waals surface area contributed by atoms with E-state index >= 15 is 0 Å². The highest BCUT2D eigenvalue weighted by Crippen LogP contribution is 2.09. The van der Waals surface area contributed by atoms with Gasteiger partial charge in [0, 0.05) is 0 Å². The zero-order valence-corrected chi connectivity index (χ0v) is 8.20. The summed E-state index contributed by atoms with van der Waals surface area (Å²) in [4.78, 5) is 10.9. The molecule has 0 saturated carbocycles. The second-order valence-electron chi connectivity index (χ2n) is 2.77. The van der Waals surface area contributed by atoms with E-state index in [1.54, 1.807) is 18.2 Å². The van der Waals surface area contributed by atoms with Gasteiger partial charge in [-0.15, -0.1) is 0 Å². The van der Waals surface area contributed by atoms with Gasteiger partial charge in [-0.1, -0.05) is 18.2 Å². The van der Waals surface area contributed by atoms with Crippen LogP contribution < -0.4 is 0 Å². The number of carbonyl (C=O) groups excluding carboxylic acids is 1. The number of sulfone groups is 1. The highest BCUT2D eigenvalue weighted by atomic mass is 32.2. The molecule has 0 amide bonds. The average molecular weight is 214 g/mol. The van der Waals surface area contributed by atoms with Gasteiger partial charge in [0.25, 0.3) is 0 Å². The van der Waals surface area contributed by atoms with Gasteiger partial charge in [0.15, 0.2) is 15.6 Å². The first kappa shape index (κ1) is 10.9. The number of carbonyl (C=O) groups is 1. The molecule has 0 fully saturated rings. The molecule has 0 bridgehead atoms. The van der Waals surface area contributed by atoms with Crippen LogP contribution in [0.4, 0.5) is 0 Å². The van der Waals surface area contributed by atoms with Gasteiger partial charge in [-0.05, 0) is 12.1 Å². The van der Waals surface area contributed by atoms with Crippen molar-refractivity contribution in [2.24, 2.45) is 0 Å². The molecule has 0 aromatic heterocycles. The molecule has 14 heavy (non-hydrogen) atoms. The van der Waals surface area contributed by atoms with Crippen molar-refractivity contribution in [2.45, 2.75) is 4.90 Å². The van der Waals surface area contributed by atoms with Gasteiger partial charge in [-0.25, -0.2) is 8.42 Å². The minimum absolute atomic E-state index is 0.0989. The van der Waals surface area contributed by atoms with Crippen LogP contribution in [0, 0.1) is 0 Å². The van der Waals surface area contributed by atoms with Crippen molar-refractivity contribution >= 4 is 15.6 Å². The minimum Gasteiger partial charge on any atom is -0.389 e. The van der Waals surface area contributed by atoms with Gasteiger partial charge < -0.3 is 5.11 Å². The Labute approximate surface area is 82.1 Å². The average Bonchev–Trinajstić information content (AvgIpc) is 2.18. The molecule has 1 rings (SSSR count). The molecule has 5 heteroatoms. The fraction of sp³-hybridized carbons (Fsp3) is 0.222. The zero-order chi connectivity index (χ0) is 10.6. The molecule has 0 radical (unpaired) electrons. The Morgan fingerprint density at radius 1 is 1.21 bits per heavy atom. The Balaban J connectivity index is 2.93. The van der Waals surface area contributed by atoms with E-state index < -0.39 is 28.0 Å². The summed E-state index contributed by atoms with van der Waals surface area (Å²) in [6.45, 7) is -0.744. The summed E-state index contributed by atoms with van der Waals surface area (Å²) in [5.41, 5.74) is 0. The molecule has 0 unspecified atom stereocenters. The molecule has 1 aromatic carbocycles. The van der Waals surface area contributed by atoms with Crippen LogP contribution in [0.25, 0.3) is 0 Å². The molecule has 0 aliphatic rings. The van der Waals surface area contributed by atoms with E-state index in [1.165, 1.54) is 12.1 Å². The lowest BCUT2D eigenvalue weighted by Crippen LogP contribution is -2.18. The number of Topliss-reactive ketones (excluding diaryl/α,β-unsaturated/α-hetero) is 1. The van der Waals surface area contributed by atoms with Crippen LogP contribution in [-0.2, 0) is 14.6 Å². The summed E-state index contributed by atoms with van der Waals surface area (Å²) in [7, 11) is -3.58. The predicted molar refractivity (Wildman–Crippen MR) is 50.6 cm³/mol. The molecule has 1 N–H and O–H groups in total. The maximum Gasteiger partial charge on any atom is 0.185 e. The van der Waals surface area contributed by atoms with Crippen LogP contribution >= 0.6 is 0 Å². The minimum atomic E-state index is -3.58. The molecule has 0 aliphatic heterocycles. The maximum atomic E-state index is 11.5. The van der Waals surface area contributed by atoms with Gasteiger partial charge in [0.1, 0.15) is 12.4 Å². The van der Waals surface area contributed by atoms with Crippen molar-refractivity contribution < 1.29 is 18.3 Å². The van der Waals surface area contributed by atoms with Crippen LogP contribution in [0.1, 0.15) is 0 Å². The Morgan fingerprint density at radius 2 is 1.79 bits per heavy atom. The molecule has 76 valence electrons. The van der Waals surface area contributed by atoms with Crippen molar-refractivity contribution in [3.05, 3.63) is 30.3 Å². The smallest absolute Gasteiger partial charge is 0.185 e. The SMILES string of the molecule is O=C(CO)CS(=O)(=O)c1ccccc1. The third-order valence-electron chi connectivity index (χ3n) is 1.63. The lowest BCUT2D eigenvalue weighted by Gasteiger charge is -2.01. The number of benzene rings is 1. The summed E-state index contributed by atoms with van der Waals surface area (Å²) >= 11 is 0. The third-order valence-corrected chi connectivity index (χ3v) is 3.32. The van der Waals surface area contributed by atoms with E-state index in [0.717, 1.165) is 0 Å². The Bertz CT molecular complexity index is 408. The fourth-order valence-corrected chi connectivity index (χ4v) is 2.22. The van der Waals surface area contributed by atoms with Gasteiger partial charge in [0.2, 0.25) is 0 Å². The number of hydrogen-bond donors (Lipinski definition) is 1. The first-order chi connectivity index (χ1) is 6.56. The lowest BCUT2D eigenvalue weighted by molar-refractivity contribution is -0.119. The molecular weight excluding hydrogens is 204 g/mol. The monoisotopic (exact) mass is 214 g/mol. The second kappa shape index (κ2) is 4.34. The van der Waals surface area contributed by atoms with E-state index in [0.29, 0.717) is 0 Å². The van der Waals surface area contributed by atoms with E-state index in [-0.39, 0.29) is 4.90 Å². The summed E-state index contributed by atoms with van der Waals surface area (Å²) in [6, 6.07) is 7.68. The molecule has 0 atom stereocenters. The van der Waals surface area contributed by atoms with Crippen molar-refractivity contribution in [1.29, 1.82) is 0 Å². The second-order valence-corrected chi connectivity index (χ2v) is 4.76. The largest absolute Gasteiger partial charge is 0.389 e. The van der Waals surface area contributed by atoms with Crippen LogP contribution in [0.3, 0.4) is 0 Å². The van der Waals surface area contributed by atoms with Crippen molar-refractivity contribution in [3.8, 4) is 0 Å². The summed E-state index contributed by atoms with van der Waals surface area (Å²) < 4.78 is 22.9. The number of ketones is 1. The predicted octanol–water partition coefficient (Wildman–Crippen LogP) is 0.0217. The number of aliphatic hydroxyl groups excluding tert-OH is 1. The Hall–Kier alpha value is -1.20. The van der Waals surface area contributed by atoms with Gasteiger partial charge >= 0.3 is 0 Å². The summed E-state index contributed by atoms with van der Waals surface area (Å²) in [5.74, 6) is -1.35. The molecule has 0 spiro atoms. The van der Waals surface area contributed by atoms with Crippen LogP contribution in [0.15, 0.2) is 35.2 Å². The molecule has 0 saturated heterocycles. The molecule has 4 nitrogen and oxygen atoms in total. The summed E-state index contributed by atoms with van der Waals surface area (Å²) in [6.07, 6.45) is 0. The standard InChI is InChI=1S/C9H10O4S/c10-6-8(11)7-14(12,13)9-4-2-1-3-5-9/h1-5,10H,6-7H2. The van der Waals surface area contributed by atoms with Gasteiger partial charge in [-0.2, -0.15) is 0 Å². The van der Waals surface area contributed by atoms with E-state index in [2.05, 4.69) is 0 Å². The molecule has 0 heterocycles. The normalized spacial score (nSPS) is 11.2. The number of hydrogen-bond acceptors (Lipinski definition) is 4. The molecule has 0 aliphatic carbocycles. The number of aliphatic hydroxyl groups is 1. The third kappa shape index (κ3) is 2.65. The Kier molecular flexibility index (Phi) is 3.38. The van der Waals surface area contributed by atoms with Crippen LogP contribution in [-0.4, -0.2) is 31.7 Å². The van der Waals surface area contributed by atoms with Crippen LogP contribution in [0.2, 0.25) is 0 Å². The maximum absolute atomic E-state index is 11.5. The summed E-state index contributed by atoms with van der Waals surface area (Å²) in [5, 5.41) is 8.43. The number of rotatable bonds is 4. The lowest BCUT2D eigenvalue weighted by atomic mass is 10.4. The fourth-order valence-electron chi connectivity index (χ4n) is 0.969. The van der Waals surface area contributed by atoms with Crippen molar-refractivity contribution in [2.75, 3.05) is 12.4 Å². The highest BCUT2D eigenvalue weighted by Gasteiger charge is 2.17. The van der Waals surface area contributed by atoms with Crippen molar-refractivity contribution in [1.82, 2.24) is 0 Å². The van der Waals surface area contributed by atoms with E-state index in [1.807, 2.05) is 0 Å². The molecule has 1 aromatic rings. The highest BCUT2D eigenvalue weighted by molar-refractivity contribution is 7.92. The quantitative estimate of drug-likeness (QED) is 0.767. The van der Waals surface area contributed by atoms with Gasteiger partial charge in [-0.3, -0.25) is 4.79 Å².